The van der Waals surface area contributed by atoms with E-state index in [0.717, 1.165) is 12.1 Å². The molecule has 0 amide bonds. The Hall–Kier alpha value is -1.33. The zero-order chi connectivity index (χ0) is 14.2. The third-order valence-corrected chi connectivity index (χ3v) is 3.40. The Balaban J connectivity index is 2.42. The maximum absolute atomic E-state index is 13.4. The second-order valence-electron chi connectivity index (χ2n) is 3.94. The molecule has 0 unspecified atom stereocenters. The molecule has 0 heterocycles. The fourth-order valence-electron chi connectivity index (χ4n) is 1.46. The third kappa shape index (κ3) is 2.98. The molecule has 2 rings (SSSR count). The van der Waals surface area contributed by atoms with Gasteiger partial charge in [-0.1, -0.05) is 11.6 Å². The first-order chi connectivity index (χ1) is 8.88. The molecule has 2 N–H and O–H groups in total. The van der Waals surface area contributed by atoms with Gasteiger partial charge in [0.15, 0.2) is 5.75 Å². The first-order valence-electron chi connectivity index (χ1n) is 5.26. The first-order valence-corrected chi connectivity index (χ1v) is 6.43. The van der Waals surface area contributed by atoms with Crippen LogP contribution in [0.25, 0.3) is 0 Å². The van der Waals surface area contributed by atoms with Gasteiger partial charge in [-0.15, -0.1) is 0 Å². The van der Waals surface area contributed by atoms with Crippen molar-refractivity contribution in [2.45, 2.75) is 6.92 Å². The van der Waals surface area contributed by atoms with Crippen LogP contribution in [-0.2, 0) is 0 Å². The van der Waals surface area contributed by atoms with Gasteiger partial charge in [0, 0.05) is 12.1 Å². The van der Waals surface area contributed by atoms with E-state index in [9.17, 15) is 8.78 Å². The van der Waals surface area contributed by atoms with E-state index in [2.05, 4.69) is 15.9 Å². The van der Waals surface area contributed by atoms with Crippen molar-refractivity contribution < 1.29 is 13.5 Å². The Morgan fingerprint density at radius 1 is 1.11 bits per heavy atom. The molecule has 100 valence electrons. The molecule has 6 heteroatoms. The molecule has 0 radical (unpaired) electrons. The predicted molar refractivity (Wildman–Crippen MR) is 74.7 cm³/mol. The first kappa shape index (κ1) is 14.1. The molecule has 0 saturated heterocycles. The molecule has 0 bridgehead atoms. The lowest BCUT2D eigenvalue weighted by Crippen LogP contribution is -1.96. The largest absolute Gasteiger partial charge is 0.454 e. The zero-order valence-corrected chi connectivity index (χ0v) is 12.1. The number of halogens is 4. The maximum Gasteiger partial charge on any atom is 0.150 e. The maximum atomic E-state index is 13.4. The Bertz CT molecular complexity index is 594. The molecule has 0 spiro atoms. The van der Waals surface area contributed by atoms with Crippen LogP contribution in [-0.4, -0.2) is 0 Å². The predicted octanol–water partition coefficient (Wildman–Crippen LogP) is 5.06. The van der Waals surface area contributed by atoms with Crippen molar-refractivity contribution in [3.63, 3.8) is 0 Å². The van der Waals surface area contributed by atoms with Crippen molar-refractivity contribution >= 4 is 33.2 Å². The molecule has 0 aromatic heterocycles. The lowest BCUT2D eigenvalue weighted by Gasteiger charge is -2.12. The monoisotopic (exact) mass is 347 g/mol. The van der Waals surface area contributed by atoms with Gasteiger partial charge in [-0.3, -0.25) is 0 Å². The molecule has 0 saturated carbocycles. The number of benzene rings is 2. The Morgan fingerprint density at radius 3 is 2.47 bits per heavy atom. The highest BCUT2D eigenvalue weighted by Crippen LogP contribution is 2.36. The van der Waals surface area contributed by atoms with Crippen molar-refractivity contribution in [3.8, 4) is 11.5 Å². The summed E-state index contributed by atoms with van der Waals surface area (Å²) in [6.45, 7) is 1.58. The van der Waals surface area contributed by atoms with Crippen LogP contribution in [0.15, 0.2) is 28.7 Å². The summed E-state index contributed by atoms with van der Waals surface area (Å²) in [4.78, 5) is 0. The number of rotatable bonds is 2. The van der Waals surface area contributed by atoms with Gasteiger partial charge in [0.05, 0.1) is 15.2 Å². The van der Waals surface area contributed by atoms with Crippen molar-refractivity contribution in [2.75, 3.05) is 5.73 Å². The van der Waals surface area contributed by atoms with Gasteiger partial charge < -0.3 is 10.5 Å². The van der Waals surface area contributed by atoms with Gasteiger partial charge >= 0.3 is 0 Å². The second-order valence-corrected chi connectivity index (χ2v) is 5.20. The van der Waals surface area contributed by atoms with Gasteiger partial charge in [-0.05, 0) is 40.5 Å². The van der Waals surface area contributed by atoms with Crippen LogP contribution in [0.4, 0.5) is 14.5 Å². The molecule has 2 nitrogen and oxygen atoms in total. The zero-order valence-electron chi connectivity index (χ0n) is 9.81. The van der Waals surface area contributed by atoms with Crippen molar-refractivity contribution in [2.24, 2.45) is 0 Å². The number of hydrogen-bond acceptors (Lipinski definition) is 2. The standard InChI is InChI=1S/C13H9BrClF2NO/c1-6-2-13(11(18)4-9(6)16)19-12-5-10(17)8(15)3-7(12)14/h2-5H,18H2,1H3. The molecule has 19 heavy (non-hydrogen) atoms. The highest BCUT2D eigenvalue weighted by atomic mass is 79.9. The second kappa shape index (κ2) is 5.35. The van der Waals surface area contributed by atoms with Gasteiger partial charge in [0.2, 0.25) is 0 Å². The van der Waals surface area contributed by atoms with E-state index in [-0.39, 0.29) is 22.2 Å². The molecule has 0 aliphatic rings. The van der Waals surface area contributed by atoms with E-state index in [1.54, 1.807) is 6.92 Å². The van der Waals surface area contributed by atoms with E-state index in [1.807, 2.05) is 0 Å². The fourth-order valence-corrected chi connectivity index (χ4v) is 2.18. The van der Waals surface area contributed by atoms with Crippen LogP contribution in [0.5, 0.6) is 11.5 Å². The van der Waals surface area contributed by atoms with Crippen LogP contribution in [0.3, 0.4) is 0 Å². The van der Waals surface area contributed by atoms with Crippen molar-refractivity contribution in [1.82, 2.24) is 0 Å². The van der Waals surface area contributed by atoms with Gasteiger partial charge in [0.1, 0.15) is 17.4 Å². The fraction of sp³-hybridized carbons (Fsp3) is 0.0769. The lowest BCUT2D eigenvalue weighted by molar-refractivity contribution is 0.473. The van der Waals surface area contributed by atoms with Crippen LogP contribution < -0.4 is 10.5 Å². The summed E-state index contributed by atoms with van der Waals surface area (Å²) in [5.74, 6) is -0.579. The molecular formula is C13H9BrClF2NO. The van der Waals surface area contributed by atoms with Gasteiger partial charge in [-0.2, -0.15) is 0 Å². The minimum absolute atomic E-state index is 0.0255. The molecule has 2 aromatic carbocycles. The number of nitrogen functional groups attached to an aromatic ring is 1. The van der Waals surface area contributed by atoms with Crippen LogP contribution in [0, 0.1) is 18.6 Å². The Labute approximate surface area is 122 Å². The average molecular weight is 349 g/mol. The minimum atomic E-state index is -0.614. The molecule has 0 atom stereocenters. The van der Waals surface area contributed by atoms with E-state index < -0.39 is 11.6 Å². The van der Waals surface area contributed by atoms with Crippen LogP contribution >= 0.6 is 27.5 Å². The molecule has 0 aliphatic carbocycles. The summed E-state index contributed by atoms with van der Waals surface area (Å²) in [6, 6.07) is 5.11. The van der Waals surface area contributed by atoms with Crippen LogP contribution in [0.1, 0.15) is 5.56 Å². The summed E-state index contributed by atoms with van der Waals surface area (Å²) in [7, 11) is 0. The van der Waals surface area contributed by atoms with E-state index >= 15 is 0 Å². The smallest absolute Gasteiger partial charge is 0.150 e. The molecule has 0 fully saturated rings. The minimum Gasteiger partial charge on any atom is -0.454 e. The van der Waals surface area contributed by atoms with Crippen LogP contribution in [0.2, 0.25) is 5.02 Å². The van der Waals surface area contributed by atoms with Crippen molar-refractivity contribution in [3.05, 3.63) is 51.0 Å². The van der Waals surface area contributed by atoms with E-state index in [4.69, 9.17) is 22.1 Å². The number of hydrogen-bond donors (Lipinski definition) is 1. The number of ether oxygens (including phenoxy) is 1. The summed E-state index contributed by atoms with van der Waals surface area (Å²) < 4.78 is 32.6. The lowest BCUT2D eigenvalue weighted by atomic mass is 10.2. The summed E-state index contributed by atoms with van der Waals surface area (Å²) in [5, 5.41) is -0.0255. The Morgan fingerprint density at radius 2 is 1.79 bits per heavy atom. The SMILES string of the molecule is Cc1cc(Oc2cc(F)c(Cl)cc2Br)c(N)cc1F. The summed E-state index contributed by atoms with van der Waals surface area (Å²) >= 11 is 8.84. The quantitative estimate of drug-likeness (QED) is 0.608. The number of nitrogens with two attached hydrogens (primary N) is 1. The topological polar surface area (TPSA) is 35.2 Å². The van der Waals surface area contributed by atoms with Gasteiger partial charge in [-0.25, -0.2) is 8.78 Å². The highest BCUT2D eigenvalue weighted by Gasteiger charge is 2.12. The Kier molecular flexibility index (Phi) is 3.96. The van der Waals surface area contributed by atoms with Crippen molar-refractivity contribution in [1.29, 1.82) is 0 Å². The molecule has 2 aromatic rings. The molecule has 0 aliphatic heterocycles. The van der Waals surface area contributed by atoms with E-state index in [0.29, 0.717) is 10.0 Å². The average Bonchev–Trinajstić information content (AvgIpc) is 2.32. The van der Waals surface area contributed by atoms with E-state index in [1.165, 1.54) is 12.1 Å². The normalized spacial score (nSPS) is 10.6. The molecular weight excluding hydrogens is 340 g/mol. The third-order valence-electron chi connectivity index (χ3n) is 2.49. The van der Waals surface area contributed by atoms with Gasteiger partial charge in [0.25, 0.3) is 0 Å². The highest BCUT2D eigenvalue weighted by molar-refractivity contribution is 9.10. The number of aryl methyl sites for hydroxylation is 1. The summed E-state index contributed by atoms with van der Waals surface area (Å²) in [6.07, 6.45) is 0. The number of anilines is 1. The summed E-state index contributed by atoms with van der Waals surface area (Å²) in [5.41, 5.74) is 6.17.